The van der Waals surface area contributed by atoms with Crippen LogP contribution in [-0.4, -0.2) is 34.1 Å². The van der Waals surface area contributed by atoms with Gasteiger partial charge in [-0.05, 0) is 25.1 Å². The molecule has 0 radical (unpaired) electrons. The smallest absolute Gasteiger partial charge is 0.251 e. The third kappa shape index (κ3) is 3.38. The first-order valence-electron chi connectivity index (χ1n) is 7.42. The molecule has 1 aromatic heterocycles. The van der Waals surface area contributed by atoms with E-state index in [9.17, 15) is 4.79 Å². The van der Waals surface area contributed by atoms with Gasteiger partial charge in [0, 0.05) is 24.6 Å². The van der Waals surface area contributed by atoms with Gasteiger partial charge in [0.05, 0.1) is 36.2 Å². The van der Waals surface area contributed by atoms with Crippen LogP contribution in [0.2, 0.25) is 0 Å². The van der Waals surface area contributed by atoms with Gasteiger partial charge in [-0.1, -0.05) is 11.3 Å². The van der Waals surface area contributed by atoms with Gasteiger partial charge in [-0.15, -0.1) is 5.10 Å². The van der Waals surface area contributed by atoms with Gasteiger partial charge in [0.25, 0.3) is 5.91 Å². The normalized spacial score (nSPS) is 17.0. The molecule has 7 heteroatoms. The Hall–Kier alpha value is -2.72. The molecule has 0 saturated heterocycles. The topological polar surface area (TPSA) is 92.8 Å². The maximum absolute atomic E-state index is 12.2. The van der Waals surface area contributed by atoms with Crippen LogP contribution in [0.1, 0.15) is 27.3 Å². The molecule has 7 nitrogen and oxygen atoms in total. The Bertz CT molecular complexity index is 762. The van der Waals surface area contributed by atoms with Crippen molar-refractivity contribution in [2.45, 2.75) is 20.1 Å². The lowest BCUT2D eigenvalue weighted by Crippen LogP contribution is -2.33. The molecule has 2 aromatic rings. The van der Waals surface area contributed by atoms with E-state index < -0.39 is 0 Å². The van der Waals surface area contributed by atoms with Gasteiger partial charge in [0.1, 0.15) is 0 Å². The standard InChI is InChI=1S/C16H17N5O2/c1-11-15-10-23-9-13(8-21(15)20-19-11)7-18-16(22)14-4-2-3-12(5-14)6-17/h2-5,13H,7-10H2,1H3,(H,18,22). The molecule has 1 aromatic carbocycles. The van der Waals surface area contributed by atoms with E-state index >= 15 is 0 Å². The van der Waals surface area contributed by atoms with Gasteiger partial charge >= 0.3 is 0 Å². The van der Waals surface area contributed by atoms with Crippen molar-refractivity contribution in [2.75, 3.05) is 13.2 Å². The number of nitrogens with one attached hydrogen (secondary N) is 1. The maximum Gasteiger partial charge on any atom is 0.251 e. The number of nitriles is 1. The molecule has 1 amide bonds. The summed E-state index contributed by atoms with van der Waals surface area (Å²) >= 11 is 0. The summed E-state index contributed by atoms with van der Waals surface area (Å²) in [6, 6.07) is 8.68. The molecule has 3 rings (SSSR count). The monoisotopic (exact) mass is 311 g/mol. The van der Waals surface area contributed by atoms with Gasteiger partial charge in [0.2, 0.25) is 0 Å². The summed E-state index contributed by atoms with van der Waals surface area (Å²) in [7, 11) is 0. The average molecular weight is 311 g/mol. The largest absolute Gasteiger partial charge is 0.375 e. The minimum atomic E-state index is -0.193. The van der Waals surface area contributed by atoms with E-state index in [0.717, 1.165) is 11.4 Å². The molecule has 0 fully saturated rings. The van der Waals surface area contributed by atoms with E-state index in [1.54, 1.807) is 24.3 Å². The summed E-state index contributed by atoms with van der Waals surface area (Å²) in [5, 5.41) is 19.9. The number of aromatic nitrogens is 3. The Balaban J connectivity index is 1.62. The number of benzene rings is 1. The molecule has 0 spiro atoms. The van der Waals surface area contributed by atoms with Crippen molar-refractivity contribution in [2.24, 2.45) is 5.92 Å². The van der Waals surface area contributed by atoms with Gasteiger partial charge in [0.15, 0.2) is 0 Å². The van der Waals surface area contributed by atoms with Crippen molar-refractivity contribution < 1.29 is 9.53 Å². The van der Waals surface area contributed by atoms with Gasteiger partial charge in [-0.2, -0.15) is 5.26 Å². The molecule has 1 aliphatic rings. The molecule has 0 bridgehead atoms. The number of ether oxygens (including phenoxy) is 1. The Labute approximate surface area is 133 Å². The van der Waals surface area contributed by atoms with Crippen LogP contribution in [-0.2, 0) is 17.9 Å². The van der Waals surface area contributed by atoms with Crippen LogP contribution in [0.15, 0.2) is 24.3 Å². The lowest BCUT2D eigenvalue weighted by Gasteiger charge is -2.15. The van der Waals surface area contributed by atoms with Crippen LogP contribution in [0.4, 0.5) is 0 Å². The van der Waals surface area contributed by atoms with Crippen molar-refractivity contribution in [1.29, 1.82) is 5.26 Å². The number of rotatable bonds is 3. The molecule has 1 atom stereocenters. The zero-order valence-electron chi connectivity index (χ0n) is 12.8. The maximum atomic E-state index is 12.2. The third-order valence-corrected chi connectivity index (χ3v) is 3.86. The number of carbonyl (C=O) groups excluding carboxylic acids is 1. The van der Waals surface area contributed by atoms with E-state index in [1.807, 2.05) is 17.7 Å². The van der Waals surface area contributed by atoms with Crippen LogP contribution in [0, 0.1) is 24.2 Å². The summed E-state index contributed by atoms with van der Waals surface area (Å²) in [4.78, 5) is 12.2. The number of amides is 1. The molecule has 1 N–H and O–H groups in total. The highest BCUT2D eigenvalue weighted by Crippen LogP contribution is 2.14. The minimum absolute atomic E-state index is 0.125. The van der Waals surface area contributed by atoms with Crippen LogP contribution >= 0.6 is 0 Å². The van der Waals surface area contributed by atoms with Crippen LogP contribution in [0.25, 0.3) is 0 Å². The van der Waals surface area contributed by atoms with E-state index in [0.29, 0.717) is 37.4 Å². The quantitative estimate of drug-likeness (QED) is 0.914. The second kappa shape index (κ2) is 6.58. The molecule has 0 saturated carbocycles. The Morgan fingerprint density at radius 2 is 2.43 bits per heavy atom. The van der Waals surface area contributed by atoms with E-state index in [4.69, 9.17) is 10.00 Å². The Kier molecular flexibility index (Phi) is 4.35. The van der Waals surface area contributed by atoms with Crippen molar-refractivity contribution in [3.63, 3.8) is 0 Å². The van der Waals surface area contributed by atoms with Gasteiger partial charge < -0.3 is 10.1 Å². The zero-order chi connectivity index (χ0) is 16.2. The molecular formula is C16H17N5O2. The van der Waals surface area contributed by atoms with Crippen molar-refractivity contribution in [3.8, 4) is 6.07 Å². The second-order valence-corrected chi connectivity index (χ2v) is 5.59. The fraction of sp³-hybridized carbons (Fsp3) is 0.375. The Morgan fingerprint density at radius 1 is 1.57 bits per heavy atom. The second-order valence-electron chi connectivity index (χ2n) is 5.59. The van der Waals surface area contributed by atoms with Gasteiger partial charge in [-0.3, -0.25) is 4.79 Å². The molecule has 118 valence electrons. The van der Waals surface area contributed by atoms with Crippen LogP contribution in [0.3, 0.4) is 0 Å². The fourth-order valence-electron chi connectivity index (χ4n) is 2.56. The predicted molar refractivity (Wildman–Crippen MR) is 81.4 cm³/mol. The summed E-state index contributed by atoms with van der Waals surface area (Å²) < 4.78 is 7.49. The first kappa shape index (κ1) is 15.2. The predicted octanol–water partition coefficient (Wildman–Crippen LogP) is 1.03. The van der Waals surface area contributed by atoms with Crippen molar-refractivity contribution in [1.82, 2.24) is 20.3 Å². The van der Waals surface area contributed by atoms with E-state index in [-0.39, 0.29) is 11.8 Å². The lowest BCUT2D eigenvalue weighted by molar-refractivity contribution is 0.0850. The molecule has 1 aliphatic heterocycles. The summed E-state index contributed by atoms with van der Waals surface area (Å²) in [6.07, 6.45) is 0. The molecular weight excluding hydrogens is 294 g/mol. The lowest BCUT2D eigenvalue weighted by atomic mass is 10.1. The molecule has 23 heavy (non-hydrogen) atoms. The molecule has 2 heterocycles. The summed E-state index contributed by atoms with van der Waals surface area (Å²) in [5.41, 5.74) is 2.82. The zero-order valence-corrected chi connectivity index (χ0v) is 12.8. The van der Waals surface area contributed by atoms with E-state index in [2.05, 4.69) is 15.6 Å². The third-order valence-electron chi connectivity index (χ3n) is 3.86. The number of fused-ring (bicyclic) bond motifs is 1. The average Bonchev–Trinajstić information content (AvgIpc) is 2.81. The Morgan fingerprint density at radius 3 is 3.26 bits per heavy atom. The van der Waals surface area contributed by atoms with Crippen LogP contribution < -0.4 is 5.32 Å². The highest BCUT2D eigenvalue weighted by Gasteiger charge is 2.20. The minimum Gasteiger partial charge on any atom is -0.375 e. The summed E-state index contributed by atoms with van der Waals surface area (Å²) in [6.45, 7) is 4.10. The van der Waals surface area contributed by atoms with Crippen molar-refractivity contribution in [3.05, 3.63) is 46.8 Å². The summed E-state index contributed by atoms with van der Waals surface area (Å²) in [5.74, 6) is -0.0678. The number of hydrogen-bond donors (Lipinski definition) is 1. The molecule has 0 aliphatic carbocycles. The number of nitrogens with zero attached hydrogens (tertiary/aromatic N) is 4. The number of hydrogen-bond acceptors (Lipinski definition) is 5. The van der Waals surface area contributed by atoms with E-state index in [1.165, 1.54) is 0 Å². The molecule has 1 unspecified atom stereocenters. The SMILES string of the molecule is Cc1nnn2c1COCC(CNC(=O)c1cccc(C#N)c1)C2. The van der Waals surface area contributed by atoms with Crippen molar-refractivity contribution >= 4 is 5.91 Å². The van der Waals surface area contributed by atoms with Crippen LogP contribution in [0.5, 0.6) is 0 Å². The number of carbonyl (C=O) groups is 1. The fourth-order valence-corrected chi connectivity index (χ4v) is 2.56. The first-order valence-corrected chi connectivity index (χ1v) is 7.42. The highest BCUT2D eigenvalue weighted by atomic mass is 16.5. The highest BCUT2D eigenvalue weighted by molar-refractivity contribution is 5.94. The first-order chi connectivity index (χ1) is 11.2. The van der Waals surface area contributed by atoms with Gasteiger partial charge in [-0.25, -0.2) is 4.68 Å². The number of aryl methyl sites for hydroxylation is 1.